The first-order valence-corrected chi connectivity index (χ1v) is 5.49. The van der Waals surface area contributed by atoms with Gasteiger partial charge in [-0.05, 0) is 19.1 Å². The number of benzene rings is 1. The molecule has 108 valence electrons. The maximum absolute atomic E-state index is 11.4. The van der Waals surface area contributed by atoms with Crippen LogP contribution in [0.25, 0.3) is 0 Å². The zero-order valence-electron chi connectivity index (χ0n) is 10.8. The van der Waals surface area contributed by atoms with Gasteiger partial charge in [-0.2, -0.15) is 0 Å². The van der Waals surface area contributed by atoms with Gasteiger partial charge in [-0.15, -0.1) is 0 Å². The van der Waals surface area contributed by atoms with Crippen molar-refractivity contribution >= 4 is 23.6 Å². The number of hydrogen-bond acceptors (Lipinski definition) is 5. The summed E-state index contributed by atoms with van der Waals surface area (Å²) in [6, 6.07) is 4.30. The second-order valence-electron chi connectivity index (χ2n) is 3.34. The van der Waals surface area contributed by atoms with Crippen LogP contribution in [-0.2, 0) is 9.53 Å². The summed E-state index contributed by atoms with van der Waals surface area (Å²) in [5.74, 6) is -2.90. The topological polar surface area (TPSA) is 127 Å². The summed E-state index contributed by atoms with van der Waals surface area (Å²) in [7, 11) is 0. The predicted molar refractivity (Wildman–Crippen MR) is 71.6 cm³/mol. The Kier molecular flexibility index (Phi) is 7.13. The first kappa shape index (κ1) is 17.2. The average molecular weight is 281 g/mol. The quantitative estimate of drug-likeness (QED) is 0.432. The normalized spacial score (nSPS) is 8.85. The molecule has 0 atom stereocenters. The van der Waals surface area contributed by atoms with Crippen molar-refractivity contribution in [1.29, 1.82) is 0 Å². The molecular formula is C13H15NO6. The largest absolute Gasteiger partial charge is 0.478 e. The first-order valence-electron chi connectivity index (χ1n) is 5.49. The number of hydrogen-bond donors (Lipinski definition) is 3. The van der Waals surface area contributed by atoms with Crippen LogP contribution in [0.5, 0.6) is 0 Å². The Labute approximate surface area is 115 Å². The Hall–Kier alpha value is -2.83. The molecule has 0 bridgehead atoms. The molecule has 20 heavy (non-hydrogen) atoms. The van der Waals surface area contributed by atoms with Crippen LogP contribution in [0.3, 0.4) is 0 Å². The molecule has 0 aliphatic heterocycles. The Balaban J connectivity index is 0.000000621. The molecule has 7 nitrogen and oxygen atoms in total. The van der Waals surface area contributed by atoms with Crippen molar-refractivity contribution in [2.45, 2.75) is 6.92 Å². The first-order chi connectivity index (χ1) is 9.34. The van der Waals surface area contributed by atoms with Crippen LogP contribution in [0.4, 0.5) is 5.69 Å². The van der Waals surface area contributed by atoms with Crippen molar-refractivity contribution in [1.82, 2.24) is 0 Å². The van der Waals surface area contributed by atoms with E-state index in [9.17, 15) is 14.4 Å². The molecule has 1 rings (SSSR count). The number of carboxylic acids is 2. The molecule has 0 aromatic heterocycles. The summed E-state index contributed by atoms with van der Waals surface area (Å²) >= 11 is 0. The van der Waals surface area contributed by atoms with E-state index in [1.807, 2.05) is 0 Å². The van der Waals surface area contributed by atoms with Crippen LogP contribution >= 0.6 is 0 Å². The third kappa shape index (κ3) is 5.21. The number of aliphatic carboxylic acids is 1. The Bertz CT molecular complexity index is 524. The summed E-state index contributed by atoms with van der Waals surface area (Å²) in [6.07, 6.45) is 0.833. The van der Waals surface area contributed by atoms with E-state index >= 15 is 0 Å². The molecule has 1 aromatic carbocycles. The fourth-order valence-corrected chi connectivity index (χ4v) is 1.19. The van der Waals surface area contributed by atoms with Gasteiger partial charge in [0.2, 0.25) is 0 Å². The van der Waals surface area contributed by atoms with Gasteiger partial charge in [-0.1, -0.05) is 12.6 Å². The Morgan fingerprint density at radius 1 is 1.35 bits per heavy atom. The van der Waals surface area contributed by atoms with Crippen molar-refractivity contribution < 1.29 is 29.3 Å². The third-order valence-electron chi connectivity index (χ3n) is 1.98. The highest BCUT2D eigenvalue weighted by Gasteiger charge is 2.19. The van der Waals surface area contributed by atoms with Gasteiger partial charge in [0, 0.05) is 11.8 Å². The number of anilines is 1. The maximum Gasteiger partial charge on any atom is 0.339 e. The van der Waals surface area contributed by atoms with Gasteiger partial charge in [-0.3, -0.25) is 0 Å². The molecule has 0 aliphatic carbocycles. The molecule has 0 heterocycles. The van der Waals surface area contributed by atoms with Crippen LogP contribution in [-0.4, -0.2) is 34.7 Å². The second kappa shape index (κ2) is 8.30. The summed E-state index contributed by atoms with van der Waals surface area (Å²) < 4.78 is 4.72. The molecular weight excluding hydrogens is 266 g/mol. The maximum atomic E-state index is 11.4. The van der Waals surface area contributed by atoms with Crippen LogP contribution in [0.1, 0.15) is 27.6 Å². The lowest BCUT2D eigenvalue weighted by molar-refractivity contribution is -0.131. The highest BCUT2D eigenvalue weighted by molar-refractivity contribution is 6.05. The van der Waals surface area contributed by atoms with E-state index in [1.165, 1.54) is 18.2 Å². The van der Waals surface area contributed by atoms with Crippen molar-refractivity contribution in [3.63, 3.8) is 0 Å². The van der Waals surface area contributed by atoms with Gasteiger partial charge in [0.1, 0.15) is 0 Å². The fourth-order valence-electron chi connectivity index (χ4n) is 1.19. The minimum Gasteiger partial charge on any atom is -0.478 e. The number of carbonyl (C=O) groups is 3. The van der Waals surface area contributed by atoms with Gasteiger partial charge < -0.3 is 20.7 Å². The molecule has 1 aromatic rings. The van der Waals surface area contributed by atoms with E-state index in [-0.39, 0.29) is 23.4 Å². The number of nitrogens with two attached hydrogens (primary N) is 1. The molecule has 0 fully saturated rings. The van der Waals surface area contributed by atoms with E-state index in [1.54, 1.807) is 6.92 Å². The number of aromatic carboxylic acids is 1. The van der Waals surface area contributed by atoms with Crippen LogP contribution in [0.15, 0.2) is 30.9 Å². The highest BCUT2D eigenvalue weighted by atomic mass is 16.5. The SMILES string of the molecule is C=CC(=O)O.CCOC(=O)c1cccc(N)c1C(=O)O. The average Bonchev–Trinajstić information content (AvgIpc) is 2.38. The van der Waals surface area contributed by atoms with E-state index in [0.29, 0.717) is 0 Å². The van der Waals surface area contributed by atoms with Crippen LogP contribution in [0.2, 0.25) is 0 Å². The lowest BCUT2D eigenvalue weighted by Crippen LogP contribution is -2.13. The van der Waals surface area contributed by atoms with E-state index in [2.05, 4.69) is 6.58 Å². The van der Waals surface area contributed by atoms with Crippen molar-refractivity contribution in [2.75, 3.05) is 12.3 Å². The highest BCUT2D eigenvalue weighted by Crippen LogP contribution is 2.17. The second-order valence-corrected chi connectivity index (χ2v) is 3.34. The number of nitrogen functional groups attached to an aromatic ring is 1. The zero-order valence-corrected chi connectivity index (χ0v) is 10.8. The zero-order chi connectivity index (χ0) is 15.7. The van der Waals surface area contributed by atoms with Crippen LogP contribution in [0, 0.1) is 0 Å². The number of ether oxygens (including phenoxy) is 1. The fraction of sp³-hybridized carbons (Fsp3) is 0.154. The minimum atomic E-state index is -1.24. The minimum absolute atomic E-state index is 0.0237. The van der Waals surface area contributed by atoms with E-state index < -0.39 is 17.9 Å². The summed E-state index contributed by atoms with van der Waals surface area (Å²) in [5.41, 5.74) is 5.28. The third-order valence-corrected chi connectivity index (χ3v) is 1.98. The number of rotatable bonds is 4. The van der Waals surface area contributed by atoms with Crippen molar-refractivity contribution in [3.05, 3.63) is 42.0 Å². The molecule has 0 unspecified atom stereocenters. The smallest absolute Gasteiger partial charge is 0.339 e. The number of esters is 1. The van der Waals surface area contributed by atoms with Crippen molar-refractivity contribution in [2.24, 2.45) is 0 Å². The molecule has 0 saturated carbocycles. The Morgan fingerprint density at radius 3 is 2.30 bits per heavy atom. The Morgan fingerprint density at radius 2 is 1.90 bits per heavy atom. The molecule has 7 heteroatoms. The van der Waals surface area contributed by atoms with E-state index in [4.69, 9.17) is 20.7 Å². The van der Waals surface area contributed by atoms with E-state index in [0.717, 1.165) is 6.08 Å². The standard InChI is InChI=1S/C10H11NO4.C3H4O2/c1-2-15-10(14)6-4-3-5-7(11)8(6)9(12)13;1-2-3(4)5/h3-5H,2,11H2,1H3,(H,12,13);2H,1H2,(H,4,5). The van der Waals surface area contributed by atoms with Gasteiger partial charge >= 0.3 is 17.9 Å². The van der Waals surface area contributed by atoms with Crippen molar-refractivity contribution in [3.8, 4) is 0 Å². The lowest BCUT2D eigenvalue weighted by atomic mass is 10.1. The molecule has 4 N–H and O–H groups in total. The number of carboxylic acid groups (broad SMARTS) is 2. The van der Waals surface area contributed by atoms with Gasteiger partial charge in [0.05, 0.1) is 17.7 Å². The molecule has 0 radical (unpaired) electrons. The lowest BCUT2D eigenvalue weighted by Gasteiger charge is -2.07. The van der Waals surface area contributed by atoms with Gasteiger partial charge in [-0.25, -0.2) is 14.4 Å². The monoisotopic (exact) mass is 281 g/mol. The predicted octanol–water partition coefficient (Wildman–Crippen LogP) is 1.40. The summed E-state index contributed by atoms with van der Waals surface area (Å²) in [6.45, 7) is 4.79. The van der Waals surface area contributed by atoms with Gasteiger partial charge in [0.25, 0.3) is 0 Å². The molecule has 0 aliphatic rings. The van der Waals surface area contributed by atoms with Gasteiger partial charge in [0.15, 0.2) is 0 Å². The summed E-state index contributed by atoms with van der Waals surface area (Å²) in [4.78, 5) is 31.5. The molecule has 0 saturated heterocycles. The molecule has 0 amide bonds. The molecule has 0 spiro atoms. The van der Waals surface area contributed by atoms with Crippen LogP contribution < -0.4 is 5.73 Å². The summed E-state index contributed by atoms with van der Waals surface area (Å²) in [5, 5.41) is 16.5. The number of carbonyl (C=O) groups excluding carboxylic acids is 1.